The fraction of sp³-hybridized carbons (Fsp3) is 0.200. The van der Waals surface area contributed by atoms with Crippen LogP contribution in [0, 0.1) is 3.57 Å². The predicted octanol–water partition coefficient (Wildman–Crippen LogP) is 3.81. The Morgan fingerprint density at radius 2 is 1.82 bits per heavy atom. The summed E-state index contributed by atoms with van der Waals surface area (Å²) in [6.45, 7) is 0.622. The van der Waals surface area contributed by atoms with Gasteiger partial charge in [-0.1, -0.05) is 12.1 Å². The molecular weight excluding hydrogens is 473 g/mol. The van der Waals surface area contributed by atoms with Gasteiger partial charge in [0.05, 0.1) is 39.8 Å². The zero-order valence-electron chi connectivity index (χ0n) is 15.7. The molecule has 1 amide bonds. The quantitative estimate of drug-likeness (QED) is 0.507. The number of amides is 1. The van der Waals surface area contributed by atoms with Gasteiger partial charge in [0.1, 0.15) is 0 Å². The van der Waals surface area contributed by atoms with E-state index in [0.717, 1.165) is 9.13 Å². The molecule has 28 heavy (non-hydrogen) atoms. The summed E-state index contributed by atoms with van der Waals surface area (Å²) in [5.41, 5.74) is 2.13. The Morgan fingerprint density at radius 1 is 1.11 bits per heavy atom. The van der Waals surface area contributed by atoms with E-state index in [1.54, 1.807) is 29.2 Å². The van der Waals surface area contributed by atoms with Crippen LogP contribution in [0.2, 0.25) is 0 Å². The van der Waals surface area contributed by atoms with Crippen LogP contribution in [0.1, 0.15) is 15.9 Å². The molecule has 0 aliphatic rings. The van der Waals surface area contributed by atoms with Gasteiger partial charge >= 0.3 is 0 Å². The molecule has 0 aliphatic heterocycles. The Hall–Kier alpha value is -2.75. The van der Waals surface area contributed by atoms with Crippen molar-refractivity contribution in [1.29, 1.82) is 0 Å². The van der Waals surface area contributed by atoms with Crippen LogP contribution in [0.15, 0.2) is 48.8 Å². The van der Waals surface area contributed by atoms with Gasteiger partial charge in [-0.2, -0.15) is 5.10 Å². The van der Waals surface area contributed by atoms with Crippen LogP contribution in [0.25, 0.3) is 0 Å². The highest BCUT2D eigenvalue weighted by atomic mass is 127. The smallest absolute Gasteiger partial charge is 0.256 e. The van der Waals surface area contributed by atoms with Crippen molar-refractivity contribution in [3.8, 4) is 17.2 Å². The fourth-order valence-electron chi connectivity index (χ4n) is 2.75. The van der Waals surface area contributed by atoms with E-state index in [1.165, 1.54) is 21.3 Å². The highest BCUT2D eigenvalue weighted by molar-refractivity contribution is 14.1. The SMILES string of the molecule is COc1cc(C(=O)Nc2cnn(Cc3cccc(I)c3)c2)cc(OC)c1OC. The molecule has 0 aliphatic carbocycles. The fourth-order valence-corrected chi connectivity index (χ4v) is 3.36. The lowest BCUT2D eigenvalue weighted by Crippen LogP contribution is -2.12. The number of methoxy groups -OCH3 is 3. The summed E-state index contributed by atoms with van der Waals surface area (Å²) in [5.74, 6) is 0.975. The number of nitrogens with zero attached hydrogens (tertiary/aromatic N) is 2. The zero-order chi connectivity index (χ0) is 20.1. The van der Waals surface area contributed by atoms with Gasteiger partial charge < -0.3 is 19.5 Å². The summed E-state index contributed by atoms with van der Waals surface area (Å²) in [7, 11) is 4.53. The van der Waals surface area contributed by atoms with Gasteiger partial charge in [0.2, 0.25) is 5.75 Å². The number of benzene rings is 2. The summed E-state index contributed by atoms with van der Waals surface area (Å²) >= 11 is 2.28. The molecule has 0 saturated heterocycles. The van der Waals surface area contributed by atoms with E-state index in [1.807, 2.05) is 18.2 Å². The summed E-state index contributed by atoms with van der Waals surface area (Å²) in [4.78, 5) is 12.7. The van der Waals surface area contributed by atoms with Crippen LogP contribution in [0.3, 0.4) is 0 Å². The number of carbonyl (C=O) groups excluding carboxylic acids is 1. The van der Waals surface area contributed by atoms with Gasteiger partial charge in [0, 0.05) is 15.3 Å². The molecule has 0 saturated carbocycles. The van der Waals surface area contributed by atoms with Crippen molar-refractivity contribution in [3.63, 3.8) is 0 Å². The van der Waals surface area contributed by atoms with E-state index in [0.29, 0.717) is 35.0 Å². The first kappa shape index (κ1) is 20.0. The summed E-state index contributed by atoms with van der Waals surface area (Å²) in [5, 5.41) is 7.15. The molecule has 0 atom stereocenters. The number of rotatable bonds is 7. The molecular formula is C20H20IN3O4. The molecule has 0 unspecified atom stereocenters. The highest BCUT2D eigenvalue weighted by Crippen LogP contribution is 2.38. The molecule has 0 spiro atoms. The van der Waals surface area contributed by atoms with Crippen LogP contribution in [-0.4, -0.2) is 37.0 Å². The van der Waals surface area contributed by atoms with Crippen molar-refractivity contribution in [2.75, 3.05) is 26.6 Å². The van der Waals surface area contributed by atoms with E-state index in [4.69, 9.17) is 14.2 Å². The van der Waals surface area contributed by atoms with Crippen LogP contribution in [0.4, 0.5) is 5.69 Å². The number of ether oxygens (including phenoxy) is 3. The Bertz CT molecular complexity index is 962. The molecule has 1 N–H and O–H groups in total. The third-order valence-corrected chi connectivity index (χ3v) is 4.72. The van der Waals surface area contributed by atoms with Crippen molar-refractivity contribution < 1.29 is 19.0 Å². The van der Waals surface area contributed by atoms with Gasteiger partial charge in [0.25, 0.3) is 5.91 Å². The van der Waals surface area contributed by atoms with Crippen LogP contribution in [0.5, 0.6) is 17.2 Å². The first-order valence-electron chi connectivity index (χ1n) is 8.42. The molecule has 3 rings (SSSR count). The lowest BCUT2D eigenvalue weighted by Gasteiger charge is -2.13. The second kappa shape index (κ2) is 8.96. The maximum absolute atomic E-state index is 12.7. The average Bonchev–Trinajstić information content (AvgIpc) is 3.13. The minimum absolute atomic E-state index is 0.298. The van der Waals surface area contributed by atoms with E-state index >= 15 is 0 Å². The molecule has 1 aromatic heterocycles. The molecule has 0 fully saturated rings. The Kier molecular flexibility index (Phi) is 6.40. The molecule has 3 aromatic rings. The van der Waals surface area contributed by atoms with Crippen LogP contribution >= 0.6 is 22.6 Å². The van der Waals surface area contributed by atoms with E-state index in [-0.39, 0.29) is 5.91 Å². The second-order valence-corrected chi connectivity index (χ2v) is 7.17. The zero-order valence-corrected chi connectivity index (χ0v) is 17.9. The molecule has 146 valence electrons. The Morgan fingerprint density at radius 3 is 2.43 bits per heavy atom. The third kappa shape index (κ3) is 4.56. The predicted molar refractivity (Wildman–Crippen MR) is 115 cm³/mol. The number of nitrogens with one attached hydrogen (secondary N) is 1. The van der Waals surface area contributed by atoms with E-state index < -0.39 is 0 Å². The molecule has 0 bridgehead atoms. The number of halogens is 1. The number of hydrogen-bond acceptors (Lipinski definition) is 5. The topological polar surface area (TPSA) is 74.6 Å². The maximum atomic E-state index is 12.7. The van der Waals surface area contributed by atoms with E-state index in [2.05, 4.69) is 39.1 Å². The van der Waals surface area contributed by atoms with Crippen molar-refractivity contribution in [2.45, 2.75) is 6.54 Å². The van der Waals surface area contributed by atoms with E-state index in [9.17, 15) is 4.79 Å². The Balaban J connectivity index is 1.76. The molecule has 1 heterocycles. The minimum atomic E-state index is -0.298. The summed E-state index contributed by atoms with van der Waals surface area (Å²) < 4.78 is 18.8. The average molecular weight is 493 g/mol. The number of carbonyl (C=O) groups is 1. The third-order valence-electron chi connectivity index (χ3n) is 4.05. The highest BCUT2D eigenvalue weighted by Gasteiger charge is 2.17. The monoisotopic (exact) mass is 493 g/mol. The second-order valence-electron chi connectivity index (χ2n) is 5.92. The number of anilines is 1. The lowest BCUT2D eigenvalue weighted by atomic mass is 10.1. The first-order chi connectivity index (χ1) is 13.5. The van der Waals surface area contributed by atoms with Crippen molar-refractivity contribution in [2.24, 2.45) is 0 Å². The molecule has 0 radical (unpaired) electrons. The first-order valence-corrected chi connectivity index (χ1v) is 9.50. The summed E-state index contributed by atoms with van der Waals surface area (Å²) in [6.07, 6.45) is 3.40. The minimum Gasteiger partial charge on any atom is -0.493 e. The van der Waals surface area contributed by atoms with Crippen LogP contribution < -0.4 is 19.5 Å². The van der Waals surface area contributed by atoms with Gasteiger partial charge in [-0.25, -0.2) is 0 Å². The van der Waals surface area contributed by atoms with Gasteiger partial charge in [-0.15, -0.1) is 0 Å². The molecule has 2 aromatic carbocycles. The van der Waals surface area contributed by atoms with Gasteiger partial charge in [-0.3, -0.25) is 9.48 Å². The Labute approximate surface area is 176 Å². The van der Waals surface area contributed by atoms with Crippen molar-refractivity contribution in [3.05, 3.63) is 63.5 Å². The van der Waals surface area contributed by atoms with Gasteiger partial charge in [-0.05, 0) is 52.4 Å². The van der Waals surface area contributed by atoms with Crippen LogP contribution in [-0.2, 0) is 6.54 Å². The lowest BCUT2D eigenvalue weighted by molar-refractivity contribution is 0.102. The molecule has 8 heteroatoms. The number of hydrogen-bond donors (Lipinski definition) is 1. The molecule has 7 nitrogen and oxygen atoms in total. The largest absolute Gasteiger partial charge is 0.493 e. The normalized spacial score (nSPS) is 10.4. The number of aromatic nitrogens is 2. The maximum Gasteiger partial charge on any atom is 0.256 e. The van der Waals surface area contributed by atoms with Crippen molar-refractivity contribution >= 4 is 34.2 Å². The summed E-state index contributed by atoms with van der Waals surface area (Å²) in [6, 6.07) is 11.4. The standard InChI is InChI=1S/C20H20IN3O4/c1-26-17-8-14(9-18(27-2)19(17)28-3)20(25)23-16-10-22-24(12-16)11-13-5-4-6-15(21)7-13/h4-10,12H,11H2,1-3H3,(H,23,25). The van der Waals surface area contributed by atoms with Crippen molar-refractivity contribution in [1.82, 2.24) is 9.78 Å². The van der Waals surface area contributed by atoms with Gasteiger partial charge in [0.15, 0.2) is 11.5 Å².